The third-order valence-electron chi connectivity index (χ3n) is 3.16. The molecule has 20 heavy (non-hydrogen) atoms. The monoisotopic (exact) mass is 284 g/mol. The van der Waals surface area contributed by atoms with Crippen molar-refractivity contribution in [3.05, 3.63) is 64.9 Å². The molecule has 5 heteroatoms. The third kappa shape index (κ3) is 2.51. The number of H-pyrrole nitrogens is 1. The Bertz CT molecular complexity index is 704. The van der Waals surface area contributed by atoms with E-state index in [0.717, 1.165) is 27.4 Å². The zero-order valence-electron chi connectivity index (χ0n) is 10.7. The predicted octanol–water partition coefficient (Wildman–Crippen LogP) is 3.30. The molecule has 0 saturated heterocycles. The Labute approximate surface area is 121 Å². The molecule has 0 aliphatic heterocycles. The molecule has 4 nitrogen and oxygen atoms in total. The van der Waals surface area contributed by atoms with E-state index >= 15 is 0 Å². The maximum absolute atomic E-state index is 5.97. The van der Waals surface area contributed by atoms with Crippen LogP contribution in [0.15, 0.2) is 48.8 Å². The predicted molar refractivity (Wildman–Crippen MR) is 80.5 cm³/mol. The Morgan fingerprint density at radius 3 is 2.45 bits per heavy atom. The molecule has 0 aliphatic carbocycles. The number of rotatable bonds is 3. The lowest BCUT2D eigenvalue weighted by Crippen LogP contribution is -1.95. The SMILES string of the molecule is Nc1n[nH]c(-c2ccncc2)c1Cc1ccc(Cl)cc1. The molecule has 0 spiro atoms. The fraction of sp³-hybridized carbons (Fsp3) is 0.0667. The second-order valence-corrected chi connectivity index (χ2v) is 4.94. The van der Waals surface area contributed by atoms with Crippen molar-refractivity contribution in [3.63, 3.8) is 0 Å². The Balaban J connectivity index is 1.97. The van der Waals surface area contributed by atoms with Crippen molar-refractivity contribution in [1.82, 2.24) is 15.2 Å². The zero-order valence-corrected chi connectivity index (χ0v) is 11.4. The number of nitrogens with two attached hydrogens (primary N) is 1. The van der Waals surface area contributed by atoms with Crippen LogP contribution >= 0.6 is 11.6 Å². The quantitative estimate of drug-likeness (QED) is 0.775. The van der Waals surface area contributed by atoms with Gasteiger partial charge in [-0.15, -0.1) is 0 Å². The van der Waals surface area contributed by atoms with Crippen LogP contribution in [-0.2, 0) is 6.42 Å². The van der Waals surface area contributed by atoms with Gasteiger partial charge in [-0.05, 0) is 29.8 Å². The first-order valence-corrected chi connectivity index (χ1v) is 6.59. The molecule has 0 radical (unpaired) electrons. The molecule has 3 aromatic rings. The molecule has 3 N–H and O–H groups in total. The third-order valence-corrected chi connectivity index (χ3v) is 3.41. The summed E-state index contributed by atoms with van der Waals surface area (Å²) >= 11 is 5.90. The lowest BCUT2D eigenvalue weighted by molar-refractivity contribution is 1.10. The summed E-state index contributed by atoms with van der Waals surface area (Å²) in [5.41, 5.74) is 10.0. The van der Waals surface area contributed by atoms with E-state index in [1.165, 1.54) is 0 Å². The summed E-state index contributed by atoms with van der Waals surface area (Å²) in [5, 5.41) is 7.83. The number of pyridine rings is 1. The Hall–Kier alpha value is -2.33. The van der Waals surface area contributed by atoms with Crippen LogP contribution in [0.2, 0.25) is 5.02 Å². The number of nitrogen functional groups attached to an aromatic ring is 1. The van der Waals surface area contributed by atoms with Crippen LogP contribution in [0, 0.1) is 0 Å². The molecule has 0 bridgehead atoms. The highest BCUT2D eigenvalue weighted by molar-refractivity contribution is 6.30. The van der Waals surface area contributed by atoms with Gasteiger partial charge in [0.25, 0.3) is 0 Å². The summed E-state index contributed by atoms with van der Waals surface area (Å²) in [6.07, 6.45) is 4.20. The van der Waals surface area contributed by atoms with Crippen molar-refractivity contribution in [2.24, 2.45) is 0 Å². The number of halogens is 1. The van der Waals surface area contributed by atoms with Gasteiger partial charge in [0.05, 0.1) is 5.69 Å². The topological polar surface area (TPSA) is 67.6 Å². The number of hydrogen-bond acceptors (Lipinski definition) is 3. The van der Waals surface area contributed by atoms with Crippen molar-refractivity contribution in [1.29, 1.82) is 0 Å². The Morgan fingerprint density at radius 1 is 1.05 bits per heavy atom. The smallest absolute Gasteiger partial charge is 0.149 e. The molecule has 0 fully saturated rings. The molecular formula is C15H13ClN4. The van der Waals surface area contributed by atoms with Crippen LogP contribution < -0.4 is 5.73 Å². The Kier molecular flexibility index (Phi) is 3.39. The largest absolute Gasteiger partial charge is 0.382 e. The van der Waals surface area contributed by atoms with Gasteiger partial charge in [-0.3, -0.25) is 10.1 Å². The molecule has 0 saturated carbocycles. The van der Waals surface area contributed by atoms with Crippen molar-refractivity contribution in [3.8, 4) is 11.3 Å². The van der Waals surface area contributed by atoms with Crippen LogP contribution in [-0.4, -0.2) is 15.2 Å². The van der Waals surface area contributed by atoms with Gasteiger partial charge in [0.2, 0.25) is 0 Å². The van der Waals surface area contributed by atoms with Gasteiger partial charge >= 0.3 is 0 Å². The minimum atomic E-state index is 0.520. The van der Waals surface area contributed by atoms with Gasteiger partial charge in [-0.1, -0.05) is 23.7 Å². The number of anilines is 1. The van der Waals surface area contributed by atoms with Crippen molar-refractivity contribution < 1.29 is 0 Å². The van der Waals surface area contributed by atoms with E-state index in [4.69, 9.17) is 17.3 Å². The van der Waals surface area contributed by atoms with E-state index in [1.54, 1.807) is 12.4 Å². The van der Waals surface area contributed by atoms with Crippen LogP contribution in [0.1, 0.15) is 11.1 Å². The number of hydrogen-bond donors (Lipinski definition) is 2. The summed E-state index contributed by atoms with van der Waals surface area (Å²) in [6.45, 7) is 0. The average molecular weight is 285 g/mol. The fourth-order valence-corrected chi connectivity index (χ4v) is 2.25. The molecule has 2 aromatic heterocycles. The second kappa shape index (κ2) is 5.35. The minimum Gasteiger partial charge on any atom is -0.382 e. The lowest BCUT2D eigenvalue weighted by atomic mass is 10.0. The van der Waals surface area contributed by atoms with E-state index < -0.39 is 0 Å². The van der Waals surface area contributed by atoms with E-state index in [-0.39, 0.29) is 0 Å². The number of nitrogens with one attached hydrogen (secondary N) is 1. The molecule has 0 unspecified atom stereocenters. The second-order valence-electron chi connectivity index (χ2n) is 4.50. The highest BCUT2D eigenvalue weighted by atomic mass is 35.5. The first kappa shape index (κ1) is 12.7. The normalized spacial score (nSPS) is 10.7. The van der Waals surface area contributed by atoms with Crippen molar-refractivity contribution in [2.45, 2.75) is 6.42 Å². The molecule has 3 rings (SSSR count). The van der Waals surface area contributed by atoms with Crippen LogP contribution in [0.5, 0.6) is 0 Å². The number of nitrogens with zero attached hydrogens (tertiary/aromatic N) is 2. The highest BCUT2D eigenvalue weighted by Gasteiger charge is 2.13. The number of aromatic amines is 1. The molecular weight excluding hydrogens is 272 g/mol. The summed E-state index contributed by atoms with van der Waals surface area (Å²) in [7, 11) is 0. The molecule has 2 heterocycles. The van der Waals surface area contributed by atoms with Crippen molar-refractivity contribution in [2.75, 3.05) is 5.73 Å². The molecule has 1 aromatic carbocycles. The van der Waals surface area contributed by atoms with Crippen molar-refractivity contribution >= 4 is 17.4 Å². The zero-order chi connectivity index (χ0) is 13.9. The lowest BCUT2D eigenvalue weighted by Gasteiger charge is -2.05. The molecule has 0 amide bonds. The summed E-state index contributed by atoms with van der Waals surface area (Å²) in [4.78, 5) is 4.02. The maximum atomic E-state index is 5.97. The molecule has 0 atom stereocenters. The Morgan fingerprint density at radius 2 is 1.75 bits per heavy atom. The van der Waals surface area contributed by atoms with E-state index in [0.29, 0.717) is 12.2 Å². The summed E-state index contributed by atoms with van der Waals surface area (Å²) in [6, 6.07) is 11.6. The van der Waals surface area contributed by atoms with E-state index in [2.05, 4.69) is 15.2 Å². The molecule has 0 aliphatic rings. The van der Waals surface area contributed by atoms with Gasteiger partial charge in [0, 0.05) is 35.0 Å². The van der Waals surface area contributed by atoms with E-state index in [9.17, 15) is 0 Å². The minimum absolute atomic E-state index is 0.520. The first-order valence-electron chi connectivity index (χ1n) is 6.21. The van der Waals surface area contributed by atoms with Gasteiger partial charge in [0.1, 0.15) is 5.82 Å². The maximum Gasteiger partial charge on any atom is 0.149 e. The summed E-state index contributed by atoms with van der Waals surface area (Å²) in [5.74, 6) is 0.520. The molecule has 100 valence electrons. The first-order chi connectivity index (χ1) is 9.74. The van der Waals surface area contributed by atoms with Gasteiger partial charge in [0.15, 0.2) is 0 Å². The van der Waals surface area contributed by atoms with Gasteiger partial charge in [-0.2, -0.15) is 5.10 Å². The van der Waals surface area contributed by atoms with E-state index in [1.807, 2.05) is 36.4 Å². The number of benzene rings is 1. The average Bonchev–Trinajstić information content (AvgIpc) is 2.84. The van der Waals surface area contributed by atoms with Gasteiger partial charge < -0.3 is 5.73 Å². The van der Waals surface area contributed by atoms with Crippen LogP contribution in [0.25, 0.3) is 11.3 Å². The summed E-state index contributed by atoms with van der Waals surface area (Å²) < 4.78 is 0. The van der Waals surface area contributed by atoms with Crippen LogP contribution in [0.3, 0.4) is 0 Å². The highest BCUT2D eigenvalue weighted by Crippen LogP contribution is 2.27. The number of aromatic nitrogens is 3. The standard InChI is InChI=1S/C15H13ClN4/c16-12-3-1-10(2-4-12)9-13-14(19-20-15(13)17)11-5-7-18-8-6-11/h1-8H,9H2,(H3,17,19,20). The van der Waals surface area contributed by atoms with Gasteiger partial charge in [-0.25, -0.2) is 0 Å². The fourth-order valence-electron chi connectivity index (χ4n) is 2.12. The van der Waals surface area contributed by atoms with Crippen LogP contribution in [0.4, 0.5) is 5.82 Å².